The van der Waals surface area contributed by atoms with Crippen molar-refractivity contribution >= 4 is 43.5 Å². The van der Waals surface area contributed by atoms with Gasteiger partial charge in [0.15, 0.2) is 0 Å². The van der Waals surface area contributed by atoms with Crippen molar-refractivity contribution in [1.82, 2.24) is 0 Å². The maximum Gasteiger partial charge on any atom is 0.0514 e. The van der Waals surface area contributed by atoms with Crippen LogP contribution in [0, 0.1) is 5.41 Å². The molecule has 0 aliphatic carbocycles. The lowest BCUT2D eigenvalue weighted by Crippen LogP contribution is -2.31. The van der Waals surface area contributed by atoms with Gasteiger partial charge in [0.25, 0.3) is 0 Å². The minimum absolute atomic E-state index is 0.118. The Morgan fingerprint density at radius 1 is 1.33 bits per heavy atom. The van der Waals surface area contributed by atoms with Crippen LogP contribution in [0.25, 0.3) is 0 Å². The number of rotatable bonds is 4. The molecule has 0 spiro atoms. The number of hydrogen-bond acceptors (Lipinski definition) is 1. The van der Waals surface area contributed by atoms with E-state index in [0.29, 0.717) is 5.88 Å². The summed E-state index contributed by atoms with van der Waals surface area (Å²) in [7, 11) is 0. The zero-order valence-electron chi connectivity index (χ0n) is 4.91. The average Bonchev–Trinajstić information content (AvgIpc) is 1.95. The van der Waals surface area contributed by atoms with Crippen LogP contribution in [0.1, 0.15) is 0 Å². The average molecular weight is 280 g/mol. The predicted octanol–water partition coefficient (Wildman–Crippen LogP) is 1.99. The molecule has 0 rings (SSSR count). The molecule has 0 saturated heterocycles. The van der Waals surface area contributed by atoms with Gasteiger partial charge in [-0.25, -0.2) is 0 Å². The number of halogens is 3. The SMILES string of the molecule is OCC(CCl)(CBr)CBr. The first kappa shape index (κ1) is 10.2. The summed E-state index contributed by atoms with van der Waals surface area (Å²) < 4.78 is 0. The molecule has 0 fully saturated rings. The van der Waals surface area contributed by atoms with Gasteiger partial charge in [-0.15, -0.1) is 11.6 Å². The summed E-state index contributed by atoms with van der Waals surface area (Å²) in [6.45, 7) is 0.118. The molecule has 0 aromatic heterocycles. The molecule has 1 N–H and O–H groups in total. The van der Waals surface area contributed by atoms with E-state index in [0.717, 1.165) is 10.7 Å². The van der Waals surface area contributed by atoms with Gasteiger partial charge in [-0.1, -0.05) is 31.9 Å². The third-order valence-corrected chi connectivity index (χ3v) is 4.13. The largest absolute Gasteiger partial charge is 0.396 e. The molecule has 4 heteroatoms. The van der Waals surface area contributed by atoms with Crippen LogP contribution in [-0.4, -0.2) is 28.3 Å². The third-order valence-electron chi connectivity index (χ3n) is 1.19. The van der Waals surface area contributed by atoms with E-state index in [1.807, 2.05) is 0 Å². The topological polar surface area (TPSA) is 20.2 Å². The smallest absolute Gasteiger partial charge is 0.0514 e. The Balaban J connectivity index is 3.82. The van der Waals surface area contributed by atoms with E-state index in [9.17, 15) is 0 Å². The van der Waals surface area contributed by atoms with Crippen LogP contribution in [0.15, 0.2) is 0 Å². The maximum absolute atomic E-state index is 8.83. The monoisotopic (exact) mass is 278 g/mol. The highest BCUT2D eigenvalue weighted by molar-refractivity contribution is 9.09. The lowest BCUT2D eigenvalue weighted by atomic mass is 9.98. The second kappa shape index (κ2) is 4.94. The molecular weight excluding hydrogens is 271 g/mol. The zero-order chi connectivity index (χ0) is 7.33. The first-order valence-electron chi connectivity index (χ1n) is 2.53. The van der Waals surface area contributed by atoms with Crippen LogP contribution < -0.4 is 0 Å². The van der Waals surface area contributed by atoms with Crippen molar-refractivity contribution in [1.29, 1.82) is 0 Å². The van der Waals surface area contributed by atoms with Crippen molar-refractivity contribution < 1.29 is 5.11 Å². The number of alkyl halides is 3. The van der Waals surface area contributed by atoms with Gasteiger partial charge in [-0.3, -0.25) is 0 Å². The first-order chi connectivity index (χ1) is 4.24. The van der Waals surface area contributed by atoms with E-state index in [4.69, 9.17) is 16.7 Å². The molecule has 0 aliphatic heterocycles. The van der Waals surface area contributed by atoms with Crippen molar-refractivity contribution in [2.75, 3.05) is 23.1 Å². The van der Waals surface area contributed by atoms with Crippen LogP contribution in [-0.2, 0) is 0 Å². The van der Waals surface area contributed by atoms with E-state index in [1.54, 1.807) is 0 Å². The van der Waals surface area contributed by atoms with E-state index in [2.05, 4.69) is 31.9 Å². The lowest BCUT2D eigenvalue weighted by molar-refractivity contribution is 0.189. The van der Waals surface area contributed by atoms with Crippen LogP contribution in [0.3, 0.4) is 0 Å². The second-order valence-electron chi connectivity index (χ2n) is 2.06. The van der Waals surface area contributed by atoms with Crippen LogP contribution in [0.4, 0.5) is 0 Å². The standard InChI is InChI=1S/C5H9Br2ClO/c6-1-5(2-7,3-8)4-9/h9H,1-4H2. The number of hydrogen-bond donors (Lipinski definition) is 1. The highest BCUT2D eigenvalue weighted by Crippen LogP contribution is 2.23. The lowest BCUT2D eigenvalue weighted by Gasteiger charge is -2.23. The van der Waals surface area contributed by atoms with Crippen LogP contribution in [0.5, 0.6) is 0 Å². The molecule has 0 bridgehead atoms. The molecule has 0 heterocycles. The highest BCUT2D eigenvalue weighted by atomic mass is 79.9. The van der Waals surface area contributed by atoms with Gasteiger partial charge >= 0.3 is 0 Å². The van der Waals surface area contributed by atoms with Gasteiger partial charge in [0.05, 0.1) is 6.61 Å². The zero-order valence-corrected chi connectivity index (χ0v) is 8.84. The molecule has 0 aromatic carbocycles. The van der Waals surface area contributed by atoms with Gasteiger partial charge < -0.3 is 5.11 Å². The number of aliphatic hydroxyl groups excluding tert-OH is 1. The summed E-state index contributed by atoms with van der Waals surface area (Å²) in [5.41, 5.74) is -0.179. The fourth-order valence-corrected chi connectivity index (χ4v) is 2.64. The summed E-state index contributed by atoms with van der Waals surface area (Å²) in [4.78, 5) is 0. The van der Waals surface area contributed by atoms with E-state index < -0.39 is 0 Å². The molecule has 0 saturated carbocycles. The fourth-order valence-electron chi connectivity index (χ4n) is 0.234. The van der Waals surface area contributed by atoms with Gasteiger partial charge in [0, 0.05) is 22.0 Å². The summed E-state index contributed by atoms with van der Waals surface area (Å²) >= 11 is 12.2. The Hall–Kier alpha value is 1.21. The normalized spacial score (nSPS) is 12.0. The summed E-state index contributed by atoms with van der Waals surface area (Å²) in [5, 5.41) is 10.3. The second-order valence-corrected chi connectivity index (χ2v) is 3.45. The van der Waals surface area contributed by atoms with Crippen molar-refractivity contribution in [3.8, 4) is 0 Å². The molecule has 0 unspecified atom stereocenters. The van der Waals surface area contributed by atoms with E-state index in [1.165, 1.54) is 0 Å². The molecule has 56 valence electrons. The predicted molar refractivity (Wildman–Crippen MR) is 47.8 cm³/mol. The van der Waals surface area contributed by atoms with Crippen molar-refractivity contribution in [3.05, 3.63) is 0 Å². The van der Waals surface area contributed by atoms with Crippen molar-refractivity contribution in [2.24, 2.45) is 5.41 Å². The van der Waals surface area contributed by atoms with Gasteiger partial charge in [-0.05, 0) is 0 Å². The Labute approximate surface area is 77.0 Å². The van der Waals surface area contributed by atoms with Gasteiger partial charge in [0.1, 0.15) is 0 Å². The molecule has 0 aliphatic rings. The van der Waals surface area contributed by atoms with E-state index >= 15 is 0 Å². The minimum atomic E-state index is -0.179. The molecule has 0 amide bonds. The third kappa shape index (κ3) is 2.74. The van der Waals surface area contributed by atoms with Crippen LogP contribution in [0.2, 0.25) is 0 Å². The van der Waals surface area contributed by atoms with E-state index in [-0.39, 0.29) is 12.0 Å². The molecule has 0 atom stereocenters. The Morgan fingerprint density at radius 3 is 1.78 bits per heavy atom. The summed E-state index contributed by atoms with van der Waals surface area (Å²) in [6, 6.07) is 0. The Kier molecular flexibility index (Phi) is 5.60. The van der Waals surface area contributed by atoms with Crippen molar-refractivity contribution in [3.63, 3.8) is 0 Å². The number of aliphatic hydroxyl groups is 1. The molecule has 0 radical (unpaired) electrons. The highest BCUT2D eigenvalue weighted by Gasteiger charge is 2.25. The summed E-state index contributed by atoms with van der Waals surface area (Å²) in [6.07, 6.45) is 0. The molecular formula is C5H9Br2ClO. The van der Waals surface area contributed by atoms with Crippen LogP contribution >= 0.6 is 43.5 Å². The minimum Gasteiger partial charge on any atom is -0.396 e. The van der Waals surface area contributed by atoms with Crippen molar-refractivity contribution in [2.45, 2.75) is 0 Å². The van der Waals surface area contributed by atoms with Gasteiger partial charge in [-0.2, -0.15) is 0 Å². The molecule has 1 nitrogen and oxygen atoms in total. The quantitative estimate of drug-likeness (QED) is 0.781. The maximum atomic E-state index is 8.83. The first-order valence-corrected chi connectivity index (χ1v) is 5.31. The molecule has 0 aromatic rings. The summed E-state index contributed by atoms with van der Waals surface area (Å²) in [5.74, 6) is 0.472. The fraction of sp³-hybridized carbons (Fsp3) is 1.00. The molecule has 9 heavy (non-hydrogen) atoms. The Bertz CT molecular complexity index is 57.8. The van der Waals surface area contributed by atoms with Gasteiger partial charge in [0.2, 0.25) is 0 Å². The Morgan fingerprint density at radius 2 is 1.78 bits per heavy atom.